The lowest BCUT2D eigenvalue weighted by atomic mass is 10.1. The molecule has 0 aliphatic heterocycles. The molecular weight excluding hydrogens is 208 g/mol. The van der Waals surface area contributed by atoms with Crippen molar-refractivity contribution < 1.29 is 5.11 Å². The molecule has 0 aliphatic rings. The monoisotopic (exact) mass is 228 g/mol. The second-order valence-corrected chi connectivity index (χ2v) is 5.03. The fraction of sp³-hybridized carbons (Fsp3) is 0.727. The van der Waals surface area contributed by atoms with Crippen LogP contribution in [0.15, 0.2) is 5.38 Å². The van der Waals surface area contributed by atoms with Gasteiger partial charge in [0.15, 0.2) is 0 Å². The smallest absolute Gasteiger partial charge is 0.0897 e. The molecule has 1 atom stereocenters. The normalized spacial score (nSPS) is 13.0. The van der Waals surface area contributed by atoms with Gasteiger partial charge in [-0.1, -0.05) is 6.92 Å². The van der Waals surface area contributed by atoms with Crippen molar-refractivity contribution in [1.82, 2.24) is 10.3 Å². The van der Waals surface area contributed by atoms with E-state index in [1.165, 1.54) is 0 Å². The van der Waals surface area contributed by atoms with E-state index in [4.69, 9.17) is 5.11 Å². The fourth-order valence-electron chi connectivity index (χ4n) is 1.37. The van der Waals surface area contributed by atoms with E-state index in [1.54, 1.807) is 11.3 Å². The van der Waals surface area contributed by atoms with Gasteiger partial charge in [0.2, 0.25) is 0 Å². The molecule has 0 bridgehead atoms. The van der Waals surface area contributed by atoms with Crippen molar-refractivity contribution in [2.24, 2.45) is 5.92 Å². The first-order valence-corrected chi connectivity index (χ1v) is 6.33. The summed E-state index contributed by atoms with van der Waals surface area (Å²) < 4.78 is 0. The highest BCUT2D eigenvalue weighted by Gasteiger charge is 2.00. The minimum atomic E-state index is 0.297. The molecule has 0 aromatic carbocycles. The largest absolute Gasteiger partial charge is 0.396 e. The van der Waals surface area contributed by atoms with Crippen molar-refractivity contribution in [2.45, 2.75) is 33.2 Å². The number of nitrogens with zero attached hydrogens (tertiary/aromatic N) is 1. The van der Waals surface area contributed by atoms with E-state index in [0.29, 0.717) is 12.5 Å². The maximum Gasteiger partial charge on any atom is 0.0897 e. The average Bonchev–Trinajstić information content (AvgIpc) is 2.63. The summed E-state index contributed by atoms with van der Waals surface area (Å²) in [4.78, 5) is 4.38. The van der Waals surface area contributed by atoms with E-state index in [1.807, 2.05) is 6.92 Å². The maximum atomic E-state index is 8.84. The predicted octanol–water partition coefficient (Wildman–Crippen LogP) is 1.95. The van der Waals surface area contributed by atoms with Crippen LogP contribution < -0.4 is 5.32 Å². The summed E-state index contributed by atoms with van der Waals surface area (Å²) in [5.41, 5.74) is 1.13. The van der Waals surface area contributed by atoms with Gasteiger partial charge in [-0.2, -0.15) is 0 Å². The van der Waals surface area contributed by atoms with Crippen LogP contribution in [-0.2, 0) is 6.54 Å². The van der Waals surface area contributed by atoms with Crippen molar-refractivity contribution in [3.8, 4) is 0 Å². The summed E-state index contributed by atoms with van der Waals surface area (Å²) >= 11 is 1.69. The summed E-state index contributed by atoms with van der Waals surface area (Å²) in [6.45, 7) is 6.25. The van der Waals surface area contributed by atoms with Gasteiger partial charge in [0.25, 0.3) is 0 Å². The molecule has 0 fully saturated rings. The zero-order valence-electron chi connectivity index (χ0n) is 9.49. The lowest BCUT2D eigenvalue weighted by Gasteiger charge is -2.07. The van der Waals surface area contributed by atoms with Crippen molar-refractivity contribution in [3.63, 3.8) is 0 Å². The highest BCUT2D eigenvalue weighted by atomic mass is 32.1. The first kappa shape index (κ1) is 12.6. The topological polar surface area (TPSA) is 45.2 Å². The molecule has 0 saturated carbocycles. The Morgan fingerprint density at radius 3 is 3.00 bits per heavy atom. The van der Waals surface area contributed by atoms with E-state index in [-0.39, 0.29) is 0 Å². The quantitative estimate of drug-likeness (QED) is 0.701. The minimum Gasteiger partial charge on any atom is -0.396 e. The second-order valence-electron chi connectivity index (χ2n) is 3.96. The molecule has 1 aromatic heterocycles. The van der Waals surface area contributed by atoms with Gasteiger partial charge in [-0.05, 0) is 32.2 Å². The number of rotatable bonds is 7. The van der Waals surface area contributed by atoms with Crippen LogP contribution in [0, 0.1) is 12.8 Å². The van der Waals surface area contributed by atoms with E-state index in [2.05, 4.69) is 22.6 Å². The molecule has 1 rings (SSSR count). The summed E-state index contributed by atoms with van der Waals surface area (Å²) in [5.74, 6) is 0.424. The van der Waals surface area contributed by atoms with E-state index in [0.717, 1.165) is 36.6 Å². The van der Waals surface area contributed by atoms with Gasteiger partial charge >= 0.3 is 0 Å². The van der Waals surface area contributed by atoms with Crippen LogP contribution in [0.2, 0.25) is 0 Å². The molecule has 0 spiro atoms. The minimum absolute atomic E-state index is 0.297. The Balaban J connectivity index is 2.02. The molecule has 4 heteroatoms. The van der Waals surface area contributed by atoms with E-state index < -0.39 is 0 Å². The molecule has 86 valence electrons. The Labute approximate surface area is 95.6 Å². The van der Waals surface area contributed by atoms with Crippen LogP contribution >= 0.6 is 11.3 Å². The molecule has 2 N–H and O–H groups in total. The van der Waals surface area contributed by atoms with Crippen LogP contribution in [-0.4, -0.2) is 23.2 Å². The lowest BCUT2D eigenvalue weighted by molar-refractivity contribution is 0.228. The standard InChI is InChI=1S/C11H20N2OS/c1-9(7-14)4-3-5-12-6-11-8-15-10(2)13-11/h8-9,12,14H,3-7H2,1-2H3. The van der Waals surface area contributed by atoms with Gasteiger partial charge in [0.05, 0.1) is 10.7 Å². The van der Waals surface area contributed by atoms with Gasteiger partial charge in [0, 0.05) is 18.5 Å². The third-order valence-corrected chi connectivity index (χ3v) is 3.16. The van der Waals surface area contributed by atoms with Crippen LogP contribution in [0.25, 0.3) is 0 Å². The molecule has 3 nitrogen and oxygen atoms in total. The van der Waals surface area contributed by atoms with Gasteiger partial charge in [-0.3, -0.25) is 0 Å². The zero-order valence-corrected chi connectivity index (χ0v) is 10.3. The highest BCUT2D eigenvalue weighted by molar-refractivity contribution is 7.09. The van der Waals surface area contributed by atoms with Crippen molar-refractivity contribution in [2.75, 3.05) is 13.2 Å². The first-order chi connectivity index (χ1) is 7.22. The maximum absolute atomic E-state index is 8.84. The molecule has 1 unspecified atom stereocenters. The Morgan fingerprint density at radius 1 is 1.60 bits per heavy atom. The summed E-state index contributed by atoms with van der Waals surface area (Å²) in [5, 5.41) is 15.4. The Bertz CT molecular complexity index is 275. The lowest BCUT2D eigenvalue weighted by Crippen LogP contribution is -2.16. The highest BCUT2D eigenvalue weighted by Crippen LogP contribution is 2.07. The number of aliphatic hydroxyl groups excluding tert-OH is 1. The average molecular weight is 228 g/mol. The molecule has 15 heavy (non-hydrogen) atoms. The molecule has 0 radical (unpaired) electrons. The van der Waals surface area contributed by atoms with Crippen molar-refractivity contribution >= 4 is 11.3 Å². The molecule has 0 aliphatic carbocycles. The first-order valence-electron chi connectivity index (χ1n) is 5.45. The van der Waals surface area contributed by atoms with Crippen LogP contribution in [0.5, 0.6) is 0 Å². The van der Waals surface area contributed by atoms with Crippen LogP contribution in [0.4, 0.5) is 0 Å². The number of aliphatic hydroxyl groups is 1. The summed E-state index contributed by atoms with van der Waals surface area (Å²) in [6.07, 6.45) is 2.20. The van der Waals surface area contributed by atoms with Gasteiger partial charge in [-0.25, -0.2) is 4.98 Å². The predicted molar refractivity (Wildman–Crippen MR) is 64.0 cm³/mol. The third kappa shape index (κ3) is 5.25. The number of hydrogen-bond acceptors (Lipinski definition) is 4. The number of aryl methyl sites for hydroxylation is 1. The van der Waals surface area contributed by atoms with Gasteiger partial charge < -0.3 is 10.4 Å². The second kappa shape index (κ2) is 6.93. The Hall–Kier alpha value is -0.450. The SMILES string of the molecule is Cc1nc(CNCCCC(C)CO)cs1. The van der Waals surface area contributed by atoms with Gasteiger partial charge in [0.1, 0.15) is 0 Å². The number of aromatic nitrogens is 1. The van der Waals surface area contributed by atoms with E-state index >= 15 is 0 Å². The Morgan fingerprint density at radius 2 is 2.40 bits per heavy atom. The molecule has 1 heterocycles. The third-order valence-electron chi connectivity index (χ3n) is 2.33. The fourth-order valence-corrected chi connectivity index (χ4v) is 1.99. The van der Waals surface area contributed by atoms with Crippen molar-refractivity contribution in [1.29, 1.82) is 0 Å². The zero-order chi connectivity index (χ0) is 11.1. The van der Waals surface area contributed by atoms with Gasteiger partial charge in [-0.15, -0.1) is 11.3 Å². The van der Waals surface area contributed by atoms with Crippen LogP contribution in [0.1, 0.15) is 30.5 Å². The molecular formula is C11H20N2OS. The summed E-state index contributed by atoms with van der Waals surface area (Å²) in [7, 11) is 0. The summed E-state index contributed by atoms with van der Waals surface area (Å²) in [6, 6.07) is 0. The van der Waals surface area contributed by atoms with Crippen molar-refractivity contribution in [3.05, 3.63) is 16.1 Å². The van der Waals surface area contributed by atoms with Crippen LogP contribution in [0.3, 0.4) is 0 Å². The number of hydrogen-bond donors (Lipinski definition) is 2. The number of nitrogens with one attached hydrogen (secondary N) is 1. The Kier molecular flexibility index (Phi) is 5.83. The van der Waals surface area contributed by atoms with E-state index in [9.17, 15) is 0 Å². The molecule has 0 amide bonds. The molecule has 1 aromatic rings. The molecule has 0 saturated heterocycles. The number of thiazole rings is 1.